The van der Waals surface area contributed by atoms with E-state index in [9.17, 15) is 10.2 Å². The second-order valence-corrected chi connectivity index (χ2v) is 41.4. The zero-order valence-corrected chi connectivity index (χ0v) is 84.2. The van der Waals surface area contributed by atoms with E-state index in [1.807, 2.05) is 30.3 Å². The van der Waals surface area contributed by atoms with E-state index in [0.717, 1.165) is 142 Å². The Morgan fingerprint density at radius 3 is 0.857 bits per heavy atom. The maximum absolute atomic E-state index is 9.86. The monoisotopic (exact) mass is 1800 g/mol. The number of rotatable bonds is 35. The number of ether oxygens (including phenoxy) is 5. The number of aryl methyl sites for hydroxylation is 8. The molecule has 4 N–H and O–H groups in total. The highest BCUT2D eigenvalue weighted by Crippen LogP contribution is 2.40. The van der Waals surface area contributed by atoms with Crippen LogP contribution in [-0.4, -0.2) is 109 Å². The number of hydrogen-bond acceptors (Lipinski definition) is 12. The Hall–Kier alpha value is -9.40. The molecule has 12 heteroatoms. The van der Waals surface area contributed by atoms with Crippen molar-refractivity contribution in [2.45, 2.75) is 282 Å². The van der Waals surface area contributed by atoms with Gasteiger partial charge in [-0.2, -0.15) is 0 Å². The smallest absolute Gasteiger partial charge is 0.120 e. The second-order valence-electron chi connectivity index (χ2n) is 41.4. The summed E-state index contributed by atoms with van der Waals surface area (Å²) >= 11 is 0. The topological polar surface area (TPSA) is 120 Å². The molecule has 133 heavy (non-hydrogen) atoms. The lowest BCUT2D eigenvalue weighted by Crippen LogP contribution is -2.33. The Bertz CT molecular complexity index is 4830. The lowest BCUT2D eigenvalue weighted by molar-refractivity contribution is 0.0912. The summed E-state index contributed by atoms with van der Waals surface area (Å²) in [4.78, 5) is 7.31. The fraction of sp³-hybridized carbons (Fsp3) is 0.504. The van der Waals surface area contributed by atoms with E-state index < -0.39 is 0 Å². The van der Waals surface area contributed by atoms with Gasteiger partial charge in [0.25, 0.3) is 0 Å². The van der Waals surface area contributed by atoms with E-state index in [-0.39, 0.29) is 0 Å². The van der Waals surface area contributed by atoms with Crippen LogP contribution in [0.25, 0.3) is 0 Å². The van der Waals surface area contributed by atoms with Crippen molar-refractivity contribution in [3.05, 3.63) is 315 Å². The number of nitrogens with zero attached hydrogens (tertiary/aromatic N) is 3. The van der Waals surface area contributed by atoms with Crippen LogP contribution in [0.3, 0.4) is 0 Å². The third kappa shape index (κ3) is 37.7. The van der Waals surface area contributed by atoms with Gasteiger partial charge in [0, 0.05) is 57.9 Å². The van der Waals surface area contributed by atoms with Crippen LogP contribution in [0.5, 0.6) is 40.2 Å². The average Bonchev–Trinajstić information content (AvgIpc) is 0.865. The van der Waals surface area contributed by atoms with Crippen LogP contribution in [0.4, 0.5) is 0 Å². The van der Waals surface area contributed by atoms with Crippen molar-refractivity contribution in [2.24, 2.45) is 59.2 Å². The lowest BCUT2D eigenvalue weighted by atomic mass is 9.79. The molecule has 0 aliphatic heterocycles. The van der Waals surface area contributed by atoms with Crippen LogP contribution in [0.1, 0.15) is 235 Å². The first kappa shape index (κ1) is 104. The molecule has 718 valence electrons. The van der Waals surface area contributed by atoms with Crippen LogP contribution in [0, 0.1) is 115 Å². The molecule has 0 amide bonds. The maximum Gasteiger partial charge on any atom is 0.120 e. The van der Waals surface area contributed by atoms with Crippen molar-refractivity contribution in [1.82, 2.24) is 25.3 Å². The Balaban J connectivity index is 0.000000160. The van der Waals surface area contributed by atoms with E-state index in [1.54, 1.807) is 12.1 Å². The molecule has 12 nitrogen and oxygen atoms in total. The largest absolute Gasteiger partial charge is 0.508 e. The molecule has 15 rings (SSSR count). The van der Waals surface area contributed by atoms with Crippen molar-refractivity contribution in [1.29, 1.82) is 0 Å². The van der Waals surface area contributed by atoms with Crippen molar-refractivity contribution in [3.63, 3.8) is 0 Å². The van der Waals surface area contributed by atoms with Gasteiger partial charge >= 0.3 is 0 Å². The summed E-state index contributed by atoms with van der Waals surface area (Å²) in [5, 5.41) is 26.7. The number of hydrogen-bond donors (Lipinski definition) is 4. The van der Waals surface area contributed by atoms with Gasteiger partial charge in [0.1, 0.15) is 40.2 Å². The standard InChI is InChI=1S/2C25H35NO.C24H33NO2.C24H33NO.C23H31NO2/c2*1-19-11-13-22(14-12-19)18-26(4)17-21(3)23-8-6-10-25(16-23)27-24-9-5-7-20(2)15-24;1-18-7-4-11-23(13-18)27-24-12-6-9-21(15-24)19(2)16-25(3)17-20-8-5-10-22(26)14-20;1-18-10-12-21(13-11-18)17-25-16-20(3)22-7-5-9-24(15-22)26-23-8-4-6-19(2)14-23;1-17-7-5-10-21(13-17)26-22-11-6-9-19(14-22)18(2)15-24-16-20-8-3-4-12-23(20)25/h2*5,7,9,11-15,21,23,25H,6,8,10,16-18H2,1-4H3;4-5,7-8,10-11,13-14,19,21,24,26H,6,9,12,15-17H2,1-3H3;4,6,8,10-14,20,22,24-25H,5,7,9,15-17H2,1-3H3;3-5,7-8,10,12-13,18-19,22,24-25H,6,9,11,14-16H2,1-2H3. The molecule has 5 saturated carbocycles. The summed E-state index contributed by atoms with van der Waals surface area (Å²) in [6.07, 6.45) is 26.4. The summed E-state index contributed by atoms with van der Waals surface area (Å²) in [5.74, 6) is 12.8. The van der Waals surface area contributed by atoms with Gasteiger partial charge in [0.15, 0.2) is 0 Å². The molecule has 15 atom stereocenters. The zero-order chi connectivity index (χ0) is 94.4. The molecule has 10 aromatic carbocycles. The van der Waals surface area contributed by atoms with Gasteiger partial charge < -0.3 is 59.2 Å². The van der Waals surface area contributed by atoms with Gasteiger partial charge in [-0.1, -0.05) is 215 Å². The molecule has 0 saturated heterocycles. The van der Waals surface area contributed by atoms with Gasteiger partial charge in [0.05, 0.1) is 30.5 Å². The van der Waals surface area contributed by atoms with Gasteiger partial charge in [-0.3, -0.25) is 0 Å². The summed E-state index contributed by atoms with van der Waals surface area (Å²) < 4.78 is 31.5. The normalized spacial score (nSPS) is 21.3. The minimum absolute atomic E-state index is 0.330. The number of phenols is 2. The first-order valence-corrected chi connectivity index (χ1v) is 51.0. The van der Waals surface area contributed by atoms with Crippen LogP contribution in [0.15, 0.2) is 243 Å². The molecule has 15 unspecified atom stereocenters. The van der Waals surface area contributed by atoms with Gasteiger partial charge in [0.2, 0.25) is 0 Å². The molecule has 0 bridgehead atoms. The Labute approximate surface area is 804 Å². The summed E-state index contributed by atoms with van der Waals surface area (Å²) in [6.45, 7) is 39.0. The van der Waals surface area contributed by atoms with E-state index in [2.05, 4.69) is 337 Å². The minimum atomic E-state index is 0.330. The predicted octanol–water partition coefficient (Wildman–Crippen LogP) is 28.2. The highest BCUT2D eigenvalue weighted by Gasteiger charge is 2.34. The SMILES string of the molecule is Cc1ccc(CN(C)CC(C)C2CCCC(Oc3cccc(C)c3)C2)cc1.Cc1ccc(CN(C)CC(C)C2CCCC(Oc3cccc(C)c3)C2)cc1.Cc1ccc(CNCC(C)C2CCCC(Oc3cccc(C)c3)C2)cc1.Cc1cccc(OC2CCCC(C(C)CN(C)Cc3cccc(O)c3)C2)c1.Cc1cccc(OC2CCCC(C(C)CNCc3ccccc3O)C2)c1. The molecule has 5 aliphatic rings. The molecule has 0 radical (unpaired) electrons. The van der Waals surface area contributed by atoms with Crippen LogP contribution >= 0.6 is 0 Å². The van der Waals surface area contributed by atoms with E-state index >= 15 is 0 Å². The van der Waals surface area contributed by atoms with Crippen molar-refractivity contribution in [2.75, 3.05) is 53.9 Å². The van der Waals surface area contributed by atoms with Crippen molar-refractivity contribution >= 4 is 0 Å². The fourth-order valence-corrected chi connectivity index (χ4v) is 21.1. The molecule has 5 aliphatic carbocycles. The van der Waals surface area contributed by atoms with Crippen molar-refractivity contribution < 1.29 is 33.9 Å². The molecule has 5 fully saturated rings. The third-order valence-corrected chi connectivity index (χ3v) is 28.8. The maximum atomic E-state index is 9.86. The van der Waals surface area contributed by atoms with E-state index in [1.165, 1.54) is 164 Å². The zero-order valence-electron chi connectivity index (χ0n) is 84.2. The number of benzene rings is 10. The van der Waals surface area contributed by atoms with E-state index in [0.29, 0.717) is 90.0 Å². The van der Waals surface area contributed by atoms with E-state index in [4.69, 9.17) is 23.7 Å². The fourth-order valence-electron chi connectivity index (χ4n) is 21.1. The van der Waals surface area contributed by atoms with Gasteiger partial charge in [-0.15, -0.1) is 0 Å². The van der Waals surface area contributed by atoms with Gasteiger partial charge in [-0.05, 0) is 406 Å². The Morgan fingerprint density at radius 1 is 0.278 bits per heavy atom. The van der Waals surface area contributed by atoms with Crippen molar-refractivity contribution in [3.8, 4) is 40.2 Å². The molecular weight excluding hydrogens is 1640 g/mol. The van der Waals surface area contributed by atoms with Crippen LogP contribution in [-0.2, 0) is 32.7 Å². The lowest BCUT2D eigenvalue weighted by Gasteiger charge is -2.35. The third-order valence-electron chi connectivity index (χ3n) is 28.8. The molecule has 0 spiro atoms. The average molecular weight is 1800 g/mol. The second kappa shape index (κ2) is 55.0. The van der Waals surface area contributed by atoms with Crippen LogP contribution < -0.4 is 34.3 Å². The number of phenolic OH excluding ortho intramolecular Hbond substituents is 2. The molecule has 0 heterocycles. The minimum Gasteiger partial charge on any atom is -0.508 e. The molecular formula is C121H167N5O7. The van der Waals surface area contributed by atoms with Gasteiger partial charge in [-0.25, -0.2) is 0 Å². The number of aromatic hydroxyl groups is 2. The summed E-state index contributed by atoms with van der Waals surface area (Å²) in [7, 11) is 6.67. The Morgan fingerprint density at radius 2 is 0.556 bits per heavy atom. The Kier molecular flexibility index (Phi) is 43.0. The highest BCUT2D eigenvalue weighted by atomic mass is 16.5. The predicted molar refractivity (Wildman–Crippen MR) is 556 cm³/mol. The number of nitrogens with one attached hydrogen (secondary N) is 2. The first-order chi connectivity index (χ1) is 64.2. The summed E-state index contributed by atoms with van der Waals surface area (Å²) in [6, 6.07) is 83.9. The van der Waals surface area contributed by atoms with Crippen LogP contribution in [0.2, 0.25) is 0 Å². The summed E-state index contributed by atoms with van der Waals surface area (Å²) in [5.41, 5.74) is 16.6. The number of para-hydroxylation sites is 1. The molecule has 10 aromatic rings. The quantitative estimate of drug-likeness (QED) is 0.0303. The highest BCUT2D eigenvalue weighted by molar-refractivity contribution is 5.35. The first-order valence-electron chi connectivity index (χ1n) is 51.0. The molecule has 0 aromatic heterocycles.